The van der Waals surface area contributed by atoms with E-state index in [0.29, 0.717) is 12.1 Å². The topological polar surface area (TPSA) is 40.7 Å². The molecule has 2 aromatic rings. The first-order valence-corrected chi connectivity index (χ1v) is 6.53. The van der Waals surface area contributed by atoms with Crippen LogP contribution in [0, 0.1) is 0 Å². The van der Waals surface area contributed by atoms with E-state index in [4.69, 9.17) is 0 Å². The summed E-state index contributed by atoms with van der Waals surface area (Å²) < 4.78 is 0. The summed E-state index contributed by atoms with van der Waals surface area (Å²) in [6.45, 7) is 4.36. The van der Waals surface area contributed by atoms with Gasteiger partial charge in [0.25, 0.3) is 0 Å². The molecule has 0 saturated carbocycles. The maximum Gasteiger partial charge on any atom is 0.123 e. The Labute approximate surface area is 99.9 Å². The standard InChI is InChI=1S/C12H17N3S/c1-3-11(12-13-5-6-14-12)15-9(2)10-4-7-16-8-10/h4-9,11,15H,3H2,1-2H3,(H,13,14). The van der Waals surface area contributed by atoms with Crippen LogP contribution >= 0.6 is 11.3 Å². The van der Waals surface area contributed by atoms with Gasteiger partial charge in [-0.05, 0) is 35.7 Å². The molecule has 0 saturated heterocycles. The van der Waals surface area contributed by atoms with E-state index in [1.54, 1.807) is 17.5 Å². The second kappa shape index (κ2) is 5.27. The first-order valence-electron chi connectivity index (χ1n) is 5.58. The minimum absolute atomic E-state index is 0.296. The van der Waals surface area contributed by atoms with Crippen LogP contribution in [0.5, 0.6) is 0 Å². The van der Waals surface area contributed by atoms with Crippen molar-refractivity contribution in [3.05, 3.63) is 40.6 Å². The number of aromatic nitrogens is 2. The molecule has 4 heteroatoms. The number of imidazole rings is 1. The van der Waals surface area contributed by atoms with Gasteiger partial charge in [0.1, 0.15) is 5.82 Å². The van der Waals surface area contributed by atoms with E-state index in [1.807, 2.05) is 6.20 Å². The van der Waals surface area contributed by atoms with Gasteiger partial charge < -0.3 is 10.3 Å². The van der Waals surface area contributed by atoms with E-state index < -0.39 is 0 Å². The highest BCUT2D eigenvalue weighted by molar-refractivity contribution is 7.07. The van der Waals surface area contributed by atoms with Gasteiger partial charge in [-0.2, -0.15) is 11.3 Å². The Morgan fingerprint density at radius 2 is 2.44 bits per heavy atom. The molecule has 0 fully saturated rings. The zero-order valence-corrected chi connectivity index (χ0v) is 10.4. The van der Waals surface area contributed by atoms with E-state index in [9.17, 15) is 0 Å². The predicted molar refractivity (Wildman–Crippen MR) is 67.5 cm³/mol. The van der Waals surface area contributed by atoms with Crippen LogP contribution in [-0.4, -0.2) is 9.97 Å². The summed E-state index contributed by atoms with van der Waals surface area (Å²) in [7, 11) is 0. The van der Waals surface area contributed by atoms with Crippen LogP contribution in [0.25, 0.3) is 0 Å². The van der Waals surface area contributed by atoms with Crippen molar-refractivity contribution in [3.8, 4) is 0 Å². The molecule has 86 valence electrons. The first kappa shape index (κ1) is 11.4. The van der Waals surface area contributed by atoms with Crippen LogP contribution in [0.15, 0.2) is 29.2 Å². The van der Waals surface area contributed by atoms with Crippen molar-refractivity contribution in [1.29, 1.82) is 0 Å². The third-order valence-electron chi connectivity index (χ3n) is 2.75. The molecule has 2 atom stereocenters. The quantitative estimate of drug-likeness (QED) is 0.835. The summed E-state index contributed by atoms with van der Waals surface area (Å²) in [6, 6.07) is 2.82. The number of aromatic amines is 1. The van der Waals surface area contributed by atoms with Gasteiger partial charge in [-0.15, -0.1) is 0 Å². The van der Waals surface area contributed by atoms with Gasteiger partial charge in [0.15, 0.2) is 0 Å². The SMILES string of the molecule is CCC(NC(C)c1ccsc1)c1ncc[nH]1. The van der Waals surface area contributed by atoms with Crippen molar-refractivity contribution in [2.24, 2.45) is 0 Å². The molecule has 2 unspecified atom stereocenters. The van der Waals surface area contributed by atoms with Crippen LogP contribution in [0.2, 0.25) is 0 Å². The molecule has 0 spiro atoms. The fourth-order valence-corrected chi connectivity index (χ4v) is 2.53. The molecule has 2 N–H and O–H groups in total. The molecular formula is C12H17N3S. The lowest BCUT2D eigenvalue weighted by Crippen LogP contribution is -2.24. The predicted octanol–water partition coefficient (Wildman–Crippen LogP) is 3.27. The van der Waals surface area contributed by atoms with Gasteiger partial charge in [-0.1, -0.05) is 6.92 Å². The minimum atomic E-state index is 0.296. The van der Waals surface area contributed by atoms with E-state index in [1.165, 1.54) is 5.56 Å². The Morgan fingerprint density at radius 1 is 1.56 bits per heavy atom. The largest absolute Gasteiger partial charge is 0.347 e. The zero-order chi connectivity index (χ0) is 11.4. The molecule has 0 aliphatic rings. The summed E-state index contributed by atoms with van der Waals surface area (Å²) in [5.41, 5.74) is 1.34. The maximum absolute atomic E-state index is 4.31. The van der Waals surface area contributed by atoms with E-state index in [-0.39, 0.29) is 0 Å². The van der Waals surface area contributed by atoms with Crippen molar-refractivity contribution >= 4 is 11.3 Å². The first-order chi connectivity index (χ1) is 7.81. The molecule has 0 aliphatic carbocycles. The number of hydrogen-bond donors (Lipinski definition) is 2. The molecule has 0 bridgehead atoms. The molecule has 16 heavy (non-hydrogen) atoms. The van der Waals surface area contributed by atoms with Crippen molar-refractivity contribution in [3.63, 3.8) is 0 Å². The van der Waals surface area contributed by atoms with Crippen molar-refractivity contribution in [1.82, 2.24) is 15.3 Å². The number of rotatable bonds is 5. The third kappa shape index (κ3) is 2.51. The van der Waals surface area contributed by atoms with Crippen LogP contribution < -0.4 is 5.32 Å². The second-order valence-electron chi connectivity index (χ2n) is 3.88. The monoisotopic (exact) mass is 235 g/mol. The van der Waals surface area contributed by atoms with Crippen LogP contribution in [0.3, 0.4) is 0 Å². The maximum atomic E-state index is 4.31. The highest BCUT2D eigenvalue weighted by Gasteiger charge is 2.15. The molecule has 0 aromatic carbocycles. The molecule has 3 nitrogen and oxygen atoms in total. The van der Waals surface area contributed by atoms with Crippen molar-refractivity contribution in [2.75, 3.05) is 0 Å². The molecule has 0 aliphatic heterocycles. The summed E-state index contributed by atoms with van der Waals surface area (Å²) in [5.74, 6) is 1.02. The fraction of sp³-hybridized carbons (Fsp3) is 0.417. The molecule has 2 aromatic heterocycles. The van der Waals surface area contributed by atoms with Gasteiger partial charge in [-0.3, -0.25) is 0 Å². The Bertz CT molecular complexity index is 394. The fourth-order valence-electron chi connectivity index (χ4n) is 1.78. The van der Waals surface area contributed by atoms with Gasteiger partial charge >= 0.3 is 0 Å². The number of H-pyrrole nitrogens is 1. The Morgan fingerprint density at radius 3 is 3.00 bits per heavy atom. The van der Waals surface area contributed by atoms with Gasteiger partial charge in [0.05, 0.1) is 6.04 Å². The van der Waals surface area contributed by atoms with E-state index in [2.05, 4.69) is 46.0 Å². The lowest BCUT2D eigenvalue weighted by molar-refractivity contribution is 0.442. The lowest BCUT2D eigenvalue weighted by atomic mass is 10.1. The molecule has 2 heterocycles. The molecule has 0 amide bonds. The van der Waals surface area contributed by atoms with E-state index in [0.717, 1.165) is 12.2 Å². The number of hydrogen-bond acceptors (Lipinski definition) is 3. The van der Waals surface area contributed by atoms with Gasteiger partial charge in [0, 0.05) is 18.4 Å². The highest BCUT2D eigenvalue weighted by Crippen LogP contribution is 2.21. The Hall–Kier alpha value is -1.13. The van der Waals surface area contributed by atoms with Crippen molar-refractivity contribution in [2.45, 2.75) is 32.4 Å². The Kier molecular flexibility index (Phi) is 3.74. The molecule has 2 rings (SSSR count). The summed E-state index contributed by atoms with van der Waals surface area (Å²) >= 11 is 1.74. The van der Waals surface area contributed by atoms with Crippen LogP contribution in [0.1, 0.15) is 43.7 Å². The van der Waals surface area contributed by atoms with Crippen LogP contribution in [-0.2, 0) is 0 Å². The number of nitrogens with one attached hydrogen (secondary N) is 2. The normalized spacial score (nSPS) is 14.9. The Balaban J connectivity index is 2.02. The minimum Gasteiger partial charge on any atom is -0.347 e. The summed E-state index contributed by atoms with van der Waals surface area (Å²) in [6.07, 6.45) is 4.70. The highest BCUT2D eigenvalue weighted by atomic mass is 32.1. The van der Waals surface area contributed by atoms with Crippen LogP contribution in [0.4, 0.5) is 0 Å². The van der Waals surface area contributed by atoms with Crippen molar-refractivity contribution < 1.29 is 0 Å². The third-order valence-corrected chi connectivity index (χ3v) is 3.45. The lowest BCUT2D eigenvalue weighted by Gasteiger charge is -2.20. The summed E-state index contributed by atoms with van der Waals surface area (Å²) in [4.78, 5) is 7.47. The molecule has 0 radical (unpaired) electrons. The smallest absolute Gasteiger partial charge is 0.123 e. The second-order valence-corrected chi connectivity index (χ2v) is 4.66. The molecular weight excluding hydrogens is 218 g/mol. The summed E-state index contributed by atoms with van der Waals surface area (Å²) in [5, 5.41) is 7.88. The van der Waals surface area contributed by atoms with Gasteiger partial charge in [0.2, 0.25) is 0 Å². The van der Waals surface area contributed by atoms with E-state index >= 15 is 0 Å². The number of thiophene rings is 1. The average Bonchev–Trinajstić information content (AvgIpc) is 2.96. The number of nitrogens with zero attached hydrogens (tertiary/aromatic N) is 1. The zero-order valence-electron chi connectivity index (χ0n) is 9.60. The van der Waals surface area contributed by atoms with Gasteiger partial charge in [-0.25, -0.2) is 4.98 Å². The average molecular weight is 235 g/mol.